The van der Waals surface area contributed by atoms with Crippen molar-refractivity contribution in [3.05, 3.63) is 52.1 Å². The Kier molecular flexibility index (Phi) is 8.49. The molecule has 1 aromatic carbocycles. The normalized spacial score (nSPS) is 11.8. The van der Waals surface area contributed by atoms with Gasteiger partial charge < -0.3 is 21.5 Å². The highest BCUT2D eigenvalue weighted by atomic mass is 33.1. The Morgan fingerprint density at radius 3 is 2.67 bits per heavy atom. The van der Waals surface area contributed by atoms with Gasteiger partial charge in [0.1, 0.15) is 6.04 Å². The zero-order valence-corrected chi connectivity index (χ0v) is 19.3. The standard InChI is InChI=1S/C20H23N7O4S2/c1-2-7-32-33-10-14(19(30)31)25-17(28)11-3-5-12(6-4-11)22-8-13-9-23-16-15(24-13)18(29)27-20(21)26-16/h3-6,9,14,22H,2,7-8,10H2,1H3,(H,25,28)(H,30,31)(H3,21,23,26,27,29)/t14-/m0/s1. The molecule has 174 valence electrons. The summed E-state index contributed by atoms with van der Waals surface area (Å²) in [6, 6.07) is 5.61. The molecule has 0 fully saturated rings. The van der Waals surface area contributed by atoms with Gasteiger partial charge in [0.05, 0.1) is 18.4 Å². The van der Waals surface area contributed by atoms with E-state index in [1.54, 1.807) is 35.1 Å². The van der Waals surface area contributed by atoms with Gasteiger partial charge in [-0.15, -0.1) is 0 Å². The number of aliphatic carboxylic acids is 1. The van der Waals surface area contributed by atoms with E-state index >= 15 is 0 Å². The van der Waals surface area contributed by atoms with Crippen molar-refractivity contribution in [1.29, 1.82) is 0 Å². The summed E-state index contributed by atoms with van der Waals surface area (Å²) in [7, 11) is 3.01. The third-order valence-electron chi connectivity index (χ3n) is 4.32. The number of aromatic nitrogens is 4. The summed E-state index contributed by atoms with van der Waals surface area (Å²) in [6.45, 7) is 2.33. The zero-order chi connectivity index (χ0) is 23.8. The Morgan fingerprint density at radius 2 is 1.97 bits per heavy atom. The van der Waals surface area contributed by atoms with E-state index in [9.17, 15) is 19.5 Å². The van der Waals surface area contributed by atoms with Gasteiger partial charge in [-0.2, -0.15) is 4.98 Å². The molecule has 3 aromatic rings. The van der Waals surface area contributed by atoms with Crippen LogP contribution < -0.4 is 21.9 Å². The Balaban J connectivity index is 1.58. The van der Waals surface area contributed by atoms with Crippen molar-refractivity contribution in [2.75, 3.05) is 22.6 Å². The lowest BCUT2D eigenvalue weighted by Crippen LogP contribution is -2.42. The van der Waals surface area contributed by atoms with Gasteiger partial charge in [-0.05, 0) is 30.7 Å². The van der Waals surface area contributed by atoms with E-state index in [-0.39, 0.29) is 29.4 Å². The van der Waals surface area contributed by atoms with Crippen molar-refractivity contribution >= 4 is 56.3 Å². The quantitative estimate of drug-likeness (QED) is 0.196. The van der Waals surface area contributed by atoms with E-state index in [1.807, 2.05) is 6.92 Å². The number of nitrogens with two attached hydrogens (primary N) is 1. The van der Waals surface area contributed by atoms with Gasteiger partial charge in [-0.3, -0.25) is 14.6 Å². The number of carboxylic acid groups (broad SMARTS) is 1. The zero-order valence-electron chi connectivity index (χ0n) is 17.7. The molecule has 0 bridgehead atoms. The van der Waals surface area contributed by atoms with Crippen LogP contribution in [0.15, 0.2) is 35.3 Å². The summed E-state index contributed by atoms with van der Waals surface area (Å²) in [6.07, 6.45) is 2.49. The third kappa shape index (κ3) is 6.83. The number of carbonyl (C=O) groups excluding carboxylic acids is 1. The highest BCUT2D eigenvalue weighted by Gasteiger charge is 2.20. The van der Waals surface area contributed by atoms with Crippen molar-refractivity contribution in [2.24, 2.45) is 0 Å². The van der Waals surface area contributed by atoms with Crippen LogP contribution in [0.25, 0.3) is 11.2 Å². The van der Waals surface area contributed by atoms with Crippen LogP contribution in [0.1, 0.15) is 29.4 Å². The Morgan fingerprint density at radius 1 is 1.21 bits per heavy atom. The minimum absolute atomic E-state index is 0.0272. The molecule has 0 unspecified atom stereocenters. The maximum atomic E-state index is 12.4. The summed E-state index contributed by atoms with van der Waals surface area (Å²) in [4.78, 5) is 50.5. The maximum absolute atomic E-state index is 12.4. The third-order valence-corrected chi connectivity index (χ3v) is 6.93. The Labute approximate surface area is 196 Å². The molecule has 1 atom stereocenters. The fraction of sp³-hybridized carbons (Fsp3) is 0.300. The summed E-state index contributed by atoms with van der Waals surface area (Å²) in [5.41, 5.74) is 6.86. The average Bonchev–Trinajstić information content (AvgIpc) is 2.80. The molecule has 0 aliphatic rings. The van der Waals surface area contributed by atoms with Gasteiger partial charge in [-0.1, -0.05) is 28.5 Å². The largest absolute Gasteiger partial charge is 0.480 e. The van der Waals surface area contributed by atoms with Crippen LogP contribution in [0, 0.1) is 0 Å². The SMILES string of the molecule is CCCSSC[C@H](NC(=O)c1ccc(NCc2cnc3nc(N)[nH]c(=O)c3n2)cc1)C(=O)O. The molecular weight excluding hydrogens is 466 g/mol. The predicted molar refractivity (Wildman–Crippen MR) is 130 cm³/mol. The molecule has 2 heterocycles. The molecule has 0 spiro atoms. The van der Waals surface area contributed by atoms with Crippen LogP contribution >= 0.6 is 21.6 Å². The number of hydrogen-bond acceptors (Lipinski definition) is 10. The van der Waals surface area contributed by atoms with E-state index in [0.717, 1.165) is 12.2 Å². The monoisotopic (exact) mass is 489 g/mol. The number of hydrogen-bond donors (Lipinski definition) is 5. The lowest BCUT2D eigenvalue weighted by molar-refractivity contribution is -0.138. The summed E-state index contributed by atoms with van der Waals surface area (Å²) >= 11 is 0. The van der Waals surface area contributed by atoms with Crippen LogP contribution in [0.2, 0.25) is 0 Å². The number of fused-ring (bicyclic) bond motifs is 1. The fourth-order valence-electron chi connectivity index (χ4n) is 2.66. The predicted octanol–water partition coefficient (Wildman–Crippen LogP) is 1.88. The minimum atomic E-state index is -1.07. The van der Waals surface area contributed by atoms with Gasteiger partial charge in [0.15, 0.2) is 11.2 Å². The van der Waals surface area contributed by atoms with Crippen LogP contribution in [-0.4, -0.2) is 54.5 Å². The number of rotatable bonds is 11. The van der Waals surface area contributed by atoms with Crippen LogP contribution in [0.5, 0.6) is 0 Å². The summed E-state index contributed by atoms with van der Waals surface area (Å²) < 4.78 is 0. The number of carboxylic acids is 1. The second kappa shape index (κ2) is 11.5. The van der Waals surface area contributed by atoms with Crippen LogP contribution in [0.3, 0.4) is 0 Å². The topological polar surface area (TPSA) is 176 Å². The number of anilines is 2. The van der Waals surface area contributed by atoms with E-state index < -0.39 is 23.5 Å². The molecule has 6 N–H and O–H groups in total. The number of benzene rings is 1. The van der Waals surface area contributed by atoms with E-state index in [0.29, 0.717) is 16.9 Å². The van der Waals surface area contributed by atoms with Gasteiger partial charge in [0.2, 0.25) is 5.95 Å². The first-order valence-electron chi connectivity index (χ1n) is 10.0. The molecule has 2 aromatic heterocycles. The number of carbonyl (C=O) groups is 2. The molecule has 0 saturated heterocycles. The number of nitrogens with one attached hydrogen (secondary N) is 3. The van der Waals surface area contributed by atoms with Crippen molar-refractivity contribution in [3.8, 4) is 0 Å². The van der Waals surface area contributed by atoms with Crippen molar-refractivity contribution in [1.82, 2.24) is 25.3 Å². The summed E-state index contributed by atoms with van der Waals surface area (Å²) in [5.74, 6) is -0.350. The van der Waals surface area contributed by atoms with Gasteiger partial charge in [-0.25, -0.2) is 14.8 Å². The average molecular weight is 490 g/mol. The molecule has 0 saturated carbocycles. The smallest absolute Gasteiger partial charge is 0.327 e. The van der Waals surface area contributed by atoms with E-state index in [2.05, 4.69) is 30.6 Å². The first-order valence-corrected chi connectivity index (χ1v) is 12.5. The second-order valence-electron chi connectivity index (χ2n) is 6.89. The van der Waals surface area contributed by atoms with Crippen molar-refractivity contribution in [3.63, 3.8) is 0 Å². The molecule has 11 nitrogen and oxygen atoms in total. The number of nitrogen functional groups attached to an aromatic ring is 1. The number of aromatic amines is 1. The highest BCUT2D eigenvalue weighted by molar-refractivity contribution is 8.76. The van der Waals surface area contributed by atoms with E-state index in [1.165, 1.54) is 17.0 Å². The first kappa shape index (κ1) is 24.3. The molecule has 33 heavy (non-hydrogen) atoms. The van der Waals surface area contributed by atoms with Crippen LogP contribution in [-0.2, 0) is 11.3 Å². The van der Waals surface area contributed by atoms with Gasteiger partial charge in [0.25, 0.3) is 11.5 Å². The van der Waals surface area contributed by atoms with Crippen molar-refractivity contribution in [2.45, 2.75) is 25.9 Å². The van der Waals surface area contributed by atoms with Crippen molar-refractivity contribution < 1.29 is 14.7 Å². The molecule has 0 aliphatic carbocycles. The number of amides is 1. The Hall–Kier alpha value is -3.32. The molecule has 0 radical (unpaired) electrons. The van der Waals surface area contributed by atoms with Gasteiger partial charge in [0, 0.05) is 22.8 Å². The lowest BCUT2D eigenvalue weighted by Gasteiger charge is -2.14. The minimum Gasteiger partial charge on any atom is -0.480 e. The van der Waals surface area contributed by atoms with Crippen LogP contribution in [0.4, 0.5) is 11.6 Å². The fourth-order valence-corrected chi connectivity index (χ4v) is 4.96. The molecule has 3 rings (SSSR count). The molecular formula is C20H23N7O4S2. The highest BCUT2D eigenvalue weighted by Crippen LogP contribution is 2.22. The second-order valence-corrected chi connectivity index (χ2v) is 9.51. The first-order chi connectivity index (χ1) is 15.9. The Bertz CT molecular complexity index is 1190. The number of nitrogens with zero attached hydrogens (tertiary/aromatic N) is 3. The lowest BCUT2D eigenvalue weighted by atomic mass is 10.2. The van der Waals surface area contributed by atoms with Gasteiger partial charge >= 0.3 is 5.97 Å². The van der Waals surface area contributed by atoms with E-state index in [4.69, 9.17) is 5.73 Å². The molecule has 0 aliphatic heterocycles. The number of H-pyrrole nitrogens is 1. The summed E-state index contributed by atoms with van der Waals surface area (Å²) in [5, 5.41) is 15.0. The maximum Gasteiger partial charge on any atom is 0.327 e. The molecule has 1 amide bonds. The molecule has 13 heteroatoms.